The fraction of sp³-hybridized carbons (Fsp3) is 0.348. The van der Waals surface area contributed by atoms with Gasteiger partial charge in [-0.3, -0.25) is 23.9 Å². The summed E-state index contributed by atoms with van der Waals surface area (Å²) in [5.41, 5.74) is 1.69. The highest BCUT2D eigenvalue weighted by molar-refractivity contribution is 6.30. The van der Waals surface area contributed by atoms with Crippen LogP contribution in [0.15, 0.2) is 46.1 Å². The monoisotopic (exact) mass is 454 g/mol. The van der Waals surface area contributed by atoms with E-state index in [1.165, 1.54) is 0 Å². The summed E-state index contributed by atoms with van der Waals surface area (Å²) in [6.45, 7) is 4.54. The van der Waals surface area contributed by atoms with Crippen LogP contribution in [-0.4, -0.2) is 46.2 Å². The highest BCUT2D eigenvalue weighted by Gasteiger charge is 2.24. The van der Waals surface area contributed by atoms with E-state index >= 15 is 0 Å². The zero-order valence-corrected chi connectivity index (χ0v) is 18.2. The van der Waals surface area contributed by atoms with Crippen molar-refractivity contribution in [2.24, 2.45) is 0 Å². The smallest absolute Gasteiger partial charge is 0.257 e. The van der Waals surface area contributed by atoms with Gasteiger partial charge in [0.15, 0.2) is 0 Å². The van der Waals surface area contributed by atoms with Crippen molar-refractivity contribution in [1.29, 1.82) is 0 Å². The largest absolute Gasteiger partial charge is 0.379 e. The van der Waals surface area contributed by atoms with Crippen molar-refractivity contribution in [3.8, 4) is 0 Å². The predicted molar refractivity (Wildman–Crippen MR) is 121 cm³/mol. The van der Waals surface area contributed by atoms with Gasteiger partial charge in [0, 0.05) is 56.1 Å². The molecule has 1 amide bonds. The molecule has 5 rings (SSSR count). The number of carbonyl (C=O) groups excluding carboxylic acids is 1. The fourth-order valence-electron chi connectivity index (χ4n) is 4.35. The van der Waals surface area contributed by atoms with Crippen molar-refractivity contribution in [2.45, 2.75) is 26.2 Å². The maximum absolute atomic E-state index is 13.3. The number of aromatic nitrogens is 2. The van der Waals surface area contributed by atoms with Crippen LogP contribution in [0, 0.1) is 0 Å². The van der Waals surface area contributed by atoms with Crippen LogP contribution in [-0.2, 0) is 30.9 Å². The SMILES string of the molecule is O=C(NCc1ccc(Cl)cc1)c1cn2c3c(cc(CN4CCOCC4)c(=O)n3CC2)c1=O. The number of halogens is 1. The minimum atomic E-state index is -0.435. The van der Waals surface area contributed by atoms with Crippen LogP contribution in [0.5, 0.6) is 0 Å². The molecule has 2 aliphatic heterocycles. The third-order valence-corrected chi connectivity index (χ3v) is 6.31. The van der Waals surface area contributed by atoms with E-state index in [0.717, 1.165) is 18.7 Å². The summed E-state index contributed by atoms with van der Waals surface area (Å²) in [7, 11) is 0. The minimum Gasteiger partial charge on any atom is -0.379 e. The number of aryl methyl sites for hydroxylation is 2. The molecule has 1 aromatic carbocycles. The van der Waals surface area contributed by atoms with E-state index in [1.54, 1.807) is 29.0 Å². The molecule has 166 valence electrons. The van der Waals surface area contributed by atoms with Crippen molar-refractivity contribution < 1.29 is 9.53 Å². The molecular weight excluding hydrogens is 432 g/mol. The van der Waals surface area contributed by atoms with Crippen LogP contribution in [0.4, 0.5) is 0 Å². The van der Waals surface area contributed by atoms with Crippen LogP contribution in [0.25, 0.3) is 11.0 Å². The lowest BCUT2D eigenvalue weighted by Crippen LogP contribution is -2.38. The van der Waals surface area contributed by atoms with Crippen LogP contribution in [0.1, 0.15) is 21.5 Å². The Morgan fingerprint density at radius 3 is 2.56 bits per heavy atom. The summed E-state index contributed by atoms with van der Waals surface area (Å²) in [5, 5.41) is 3.84. The van der Waals surface area contributed by atoms with Crippen molar-refractivity contribution >= 4 is 28.5 Å². The molecule has 9 heteroatoms. The molecule has 0 atom stereocenters. The molecular formula is C23H23ClN4O4. The Hall–Kier alpha value is -2.94. The zero-order chi connectivity index (χ0) is 22.2. The van der Waals surface area contributed by atoms with Gasteiger partial charge in [0.2, 0.25) is 5.43 Å². The number of pyridine rings is 2. The van der Waals surface area contributed by atoms with E-state index in [1.807, 2.05) is 16.7 Å². The normalized spacial score (nSPS) is 15.9. The maximum Gasteiger partial charge on any atom is 0.257 e. The van der Waals surface area contributed by atoms with E-state index in [4.69, 9.17) is 16.3 Å². The molecule has 8 nitrogen and oxygen atoms in total. The van der Waals surface area contributed by atoms with Crippen molar-refractivity contribution in [3.63, 3.8) is 0 Å². The molecule has 0 unspecified atom stereocenters. The lowest BCUT2D eigenvalue weighted by Gasteiger charge is -2.26. The van der Waals surface area contributed by atoms with Gasteiger partial charge >= 0.3 is 0 Å². The van der Waals surface area contributed by atoms with Gasteiger partial charge in [0.25, 0.3) is 11.5 Å². The van der Waals surface area contributed by atoms with Gasteiger partial charge in [-0.15, -0.1) is 0 Å². The second kappa shape index (κ2) is 8.54. The van der Waals surface area contributed by atoms with Gasteiger partial charge in [-0.1, -0.05) is 23.7 Å². The third-order valence-electron chi connectivity index (χ3n) is 6.05. The number of nitrogens with zero attached hydrogens (tertiary/aromatic N) is 3. The number of ether oxygens (including phenoxy) is 1. The number of amides is 1. The van der Waals surface area contributed by atoms with E-state index in [2.05, 4.69) is 10.2 Å². The second-order valence-electron chi connectivity index (χ2n) is 8.13. The molecule has 1 fully saturated rings. The third kappa shape index (κ3) is 3.85. The summed E-state index contributed by atoms with van der Waals surface area (Å²) in [6.07, 6.45) is 1.56. The number of hydrogen-bond donors (Lipinski definition) is 1. The molecule has 0 spiro atoms. The predicted octanol–water partition coefficient (Wildman–Crippen LogP) is 1.59. The number of nitrogens with one attached hydrogen (secondary N) is 1. The molecule has 3 aromatic rings. The highest BCUT2D eigenvalue weighted by atomic mass is 35.5. The van der Waals surface area contributed by atoms with Crippen LogP contribution in [0.2, 0.25) is 5.02 Å². The first kappa shape index (κ1) is 20.9. The lowest BCUT2D eigenvalue weighted by molar-refractivity contribution is 0.0340. The number of carbonyl (C=O) groups is 1. The highest BCUT2D eigenvalue weighted by Crippen LogP contribution is 2.19. The quantitative estimate of drug-likeness (QED) is 0.633. The molecule has 4 heterocycles. The Bertz CT molecular complexity index is 1310. The first-order chi connectivity index (χ1) is 15.5. The molecule has 32 heavy (non-hydrogen) atoms. The molecule has 0 saturated carbocycles. The first-order valence-corrected chi connectivity index (χ1v) is 11.0. The van der Waals surface area contributed by atoms with Crippen molar-refractivity contribution in [3.05, 3.63) is 78.8 Å². The molecule has 1 N–H and O–H groups in total. The second-order valence-corrected chi connectivity index (χ2v) is 8.56. The Morgan fingerprint density at radius 2 is 1.81 bits per heavy atom. The lowest BCUT2D eigenvalue weighted by atomic mass is 10.1. The Kier molecular flexibility index (Phi) is 5.58. The first-order valence-electron chi connectivity index (χ1n) is 10.6. The number of morpholine rings is 1. The summed E-state index contributed by atoms with van der Waals surface area (Å²) < 4.78 is 8.87. The van der Waals surface area contributed by atoms with Gasteiger partial charge in [-0.2, -0.15) is 0 Å². The van der Waals surface area contributed by atoms with Gasteiger partial charge in [-0.05, 0) is 23.8 Å². The van der Waals surface area contributed by atoms with E-state index in [-0.39, 0.29) is 23.1 Å². The van der Waals surface area contributed by atoms with Gasteiger partial charge in [0.05, 0.1) is 18.6 Å². The van der Waals surface area contributed by atoms with Gasteiger partial charge in [0.1, 0.15) is 11.2 Å². The van der Waals surface area contributed by atoms with Crippen LogP contribution < -0.4 is 16.3 Å². The summed E-state index contributed by atoms with van der Waals surface area (Å²) in [5.74, 6) is -0.435. The summed E-state index contributed by atoms with van der Waals surface area (Å²) in [6, 6.07) is 8.83. The van der Waals surface area contributed by atoms with E-state index in [9.17, 15) is 14.4 Å². The zero-order valence-electron chi connectivity index (χ0n) is 17.5. The Balaban J connectivity index is 1.48. The van der Waals surface area contributed by atoms with E-state index < -0.39 is 5.91 Å². The average molecular weight is 455 g/mol. The topological polar surface area (TPSA) is 85.6 Å². The molecule has 0 bridgehead atoms. The summed E-state index contributed by atoms with van der Waals surface area (Å²) >= 11 is 5.91. The minimum absolute atomic E-state index is 0.0745. The average Bonchev–Trinajstić information content (AvgIpc) is 3.23. The van der Waals surface area contributed by atoms with E-state index in [0.29, 0.717) is 54.5 Å². The molecule has 0 aliphatic carbocycles. The molecule has 0 radical (unpaired) electrons. The van der Waals surface area contributed by atoms with Crippen molar-refractivity contribution in [2.75, 3.05) is 26.3 Å². The Labute approximate surface area is 189 Å². The molecule has 2 aliphatic rings. The van der Waals surface area contributed by atoms with Crippen LogP contribution in [0.3, 0.4) is 0 Å². The standard InChI is InChI=1S/C23H23ClN4O4/c24-17-3-1-15(2-4-17)12-25-21(30)19-14-27-5-6-28-22(27)18(20(19)29)11-16(23(28)31)13-26-7-9-32-10-8-26/h1-4,11,14H,5-10,12-13H2,(H,25,30). The van der Waals surface area contributed by atoms with Gasteiger partial charge < -0.3 is 14.6 Å². The number of benzene rings is 1. The van der Waals surface area contributed by atoms with Crippen molar-refractivity contribution in [1.82, 2.24) is 19.4 Å². The maximum atomic E-state index is 13.3. The fourth-order valence-corrected chi connectivity index (χ4v) is 4.48. The van der Waals surface area contributed by atoms with Crippen LogP contribution >= 0.6 is 11.6 Å². The molecule has 1 saturated heterocycles. The Morgan fingerprint density at radius 1 is 1.06 bits per heavy atom. The summed E-state index contributed by atoms with van der Waals surface area (Å²) in [4.78, 5) is 41.3. The number of rotatable bonds is 5. The number of hydrogen-bond acceptors (Lipinski definition) is 5. The van der Waals surface area contributed by atoms with Gasteiger partial charge in [-0.25, -0.2) is 0 Å². The molecule has 2 aromatic heterocycles.